The van der Waals surface area contributed by atoms with Gasteiger partial charge >= 0.3 is 6.18 Å². The van der Waals surface area contributed by atoms with Crippen LogP contribution in [0.4, 0.5) is 13.2 Å². The number of hydrogen-bond donors (Lipinski definition) is 1. The Morgan fingerprint density at radius 1 is 1.26 bits per heavy atom. The van der Waals surface area contributed by atoms with Gasteiger partial charge in [0.15, 0.2) is 12.3 Å². The highest BCUT2D eigenvalue weighted by Gasteiger charge is 2.29. The summed E-state index contributed by atoms with van der Waals surface area (Å²) in [6.07, 6.45) is -1.64. The number of amides is 1. The molecule has 2 aliphatic rings. The molecule has 10 heteroatoms. The first kappa shape index (κ1) is 19.8. The van der Waals surface area contributed by atoms with Crippen molar-refractivity contribution in [3.05, 3.63) is 17.8 Å². The highest BCUT2D eigenvalue weighted by Crippen LogP contribution is 2.18. The smallest absolute Gasteiger partial charge is 0.422 e. The summed E-state index contributed by atoms with van der Waals surface area (Å²) in [5.41, 5.74) is 0.0555. The van der Waals surface area contributed by atoms with E-state index in [4.69, 9.17) is 4.74 Å². The minimum absolute atomic E-state index is 0.0523. The molecule has 0 aliphatic carbocycles. The van der Waals surface area contributed by atoms with Crippen LogP contribution in [-0.2, 0) is 4.74 Å². The number of rotatable bonds is 6. The number of piperidine rings is 1. The lowest BCUT2D eigenvalue weighted by molar-refractivity contribution is -0.154. The Hall–Kier alpha value is -1.94. The number of halogens is 3. The summed E-state index contributed by atoms with van der Waals surface area (Å²) < 4.78 is 46.2. The second kappa shape index (κ2) is 8.83. The molecule has 1 atom stereocenters. The largest absolute Gasteiger partial charge is 0.467 e. The highest BCUT2D eigenvalue weighted by molar-refractivity contribution is 5.92. The number of alkyl halides is 3. The number of likely N-dealkylation sites (tertiary alicyclic amines) is 1. The van der Waals surface area contributed by atoms with Crippen LogP contribution in [0.25, 0.3) is 0 Å². The molecule has 1 aromatic rings. The topological polar surface area (TPSA) is 76.6 Å². The molecule has 2 aliphatic heterocycles. The zero-order valence-electron chi connectivity index (χ0n) is 14.9. The maximum absolute atomic E-state index is 12.2. The van der Waals surface area contributed by atoms with Crippen molar-refractivity contribution in [1.82, 2.24) is 20.4 Å². The third-order valence-corrected chi connectivity index (χ3v) is 4.72. The van der Waals surface area contributed by atoms with Crippen molar-refractivity contribution in [1.29, 1.82) is 0 Å². The number of ether oxygens (including phenoxy) is 2. The normalized spacial score (nSPS) is 22.0. The SMILES string of the molecule is O=C(NC1CCN(CC2CCOC2)CC1)c1ccc(OCC(F)(F)F)nn1. The Balaban J connectivity index is 1.41. The Labute approximate surface area is 155 Å². The summed E-state index contributed by atoms with van der Waals surface area (Å²) in [4.78, 5) is 14.6. The lowest BCUT2D eigenvalue weighted by Crippen LogP contribution is -2.46. The van der Waals surface area contributed by atoms with E-state index in [1.807, 2.05) is 0 Å². The third kappa shape index (κ3) is 6.31. The molecule has 1 unspecified atom stereocenters. The molecule has 1 aromatic heterocycles. The first-order valence-electron chi connectivity index (χ1n) is 9.03. The van der Waals surface area contributed by atoms with Crippen LogP contribution >= 0.6 is 0 Å². The minimum Gasteiger partial charge on any atom is -0.467 e. The number of aromatic nitrogens is 2. The van der Waals surface area contributed by atoms with Gasteiger partial charge < -0.3 is 19.7 Å². The molecule has 0 spiro atoms. The van der Waals surface area contributed by atoms with Gasteiger partial charge in [-0.2, -0.15) is 13.2 Å². The predicted molar refractivity (Wildman–Crippen MR) is 89.4 cm³/mol. The second-order valence-corrected chi connectivity index (χ2v) is 6.94. The highest BCUT2D eigenvalue weighted by atomic mass is 19.4. The number of hydrogen-bond acceptors (Lipinski definition) is 6. The first-order valence-corrected chi connectivity index (χ1v) is 9.03. The van der Waals surface area contributed by atoms with E-state index in [-0.39, 0.29) is 23.5 Å². The van der Waals surface area contributed by atoms with Gasteiger partial charge in [0, 0.05) is 38.3 Å². The average Bonchev–Trinajstić information content (AvgIpc) is 3.14. The van der Waals surface area contributed by atoms with Gasteiger partial charge in [0.2, 0.25) is 5.88 Å². The summed E-state index contributed by atoms with van der Waals surface area (Å²) >= 11 is 0. The maximum Gasteiger partial charge on any atom is 0.422 e. The molecule has 3 rings (SSSR count). The maximum atomic E-state index is 12.2. The summed E-state index contributed by atoms with van der Waals surface area (Å²) in [6, 6.07) is 2.57. The molecule has 7 nitrogen and oxygen atoms in total. The number of nitrogens with zero attached hydrogens (tertiary/aromatic N) is 3. The van der Waals surface area contributed by atoms with Gasteiger partial charge in [-0.3, -0.25) is 4.79 Å². The molecule has 1 N–H and O–H groups in total. The number of carbonyl (C=O) groups excluding carboxylic acids is 1. The third-order valence-electron chi connectivity index (χ3n) is 4.72. The van der Waals surface area contributed by atoms with E-state index in [0.717, 1.165) is 52.1 Å². The molecule has 0 radical (unpaired) electrons. The molecule has 0 bridgehead atoms. The first-order chi connectivity index (χ1) is 12.9. The summed E-state index contributed by atoms with van der Waals surface area (Å²) in [7, 11) is 0. The number of carbonyl (C=O) groups is 1. The van der Waals surface area contributed by atoms with E-state index in [9.17, 15) is 18.0 Å². The van der Waals surface area contributed by atoms with E-state index >= 15 is 0 Å². The standard InChI is InChI=1S/C17H23F3N4O3/c18-17(19,20)11-27-15-2-1-14(22-23-15)16(25)21-13-3-6-24(7-4-13)9-12-5-8-26-10-12/h1-2,12-13H,3-11H2,(H,21,25). The van der Waals surface area contributed by atoms with Crippen LogP contribution < -0.4 is 10.1 Å². The fraction of sp³-hybridized carbons (Fsp3) is 0.706. The predicted octanol–water partition coefficient (Wildman–Crippen LogP) is 1.65. The van der Waals surface area contributed by atoms with Crippen LogP contribution in [0, 0.1) is 5.92 Å². The summed E-state index contributed by atoms with van der Waals surface area (Å²) in [5, 5.41) is 10.1. The average molecular weight is 388 g/mol. The van der Waals surface area contributed by atoms with Crippen LogP contribution in [0.15, 0.2) is 12.1 Å². The lowest BCUT2D eigenvalue weighted by Gasteiger charge is -2.33. The van der Waals surface area contributed by atoms with E-state index in [2.05, 4.69) is 25.2 Å². The van der Waals surface area contributed by atoms with Crippen molar-refractivity contribution >= 4 is 5.91 Å². The van der Waals surface area contributed by atoms with Gasteiger partial charge in [0.1, 0.15) is 0 Å². The molecule has 2 saturated heterocycles. The fourth-order valence-electron chi connectivity index (χ4n) is 3.29. The van der Waals surface area contributed by atoms with E-state index in [1.165, 1.54) is 12.1 Å². The van der Waals surface area contributed by atoms with Gasteiger partial charge in [0.25, 0.3) is 5.91 Å². The van der Waals surface area contributed by atoms with Crippen molar-refractivity contribution in [2.45, 2.75) is 31.5 Å². The monoisotopic (exact) mass is 388 g/mol. The molecule has 3 heterocycles. The molecular formula is C17H23F3N4O3. The zero-order valence-corrected chi connectivity index (χ0v) is 14.9. The van der Waals surface area contributed by atoms with Gasteiger partial charge in [0.05, 0.1) is 6.61 Å². The number of nitrogens with one attached hydrogen (secondary N) is 1. The van der Waals surface area contributed by atoms with Gasteiger partial charge in [-0.1, -0.05) is 0 Å². The van der Waals surface area contributed by atoms with Gasteiger partial charge in [-0.15, -0.1) is 10.2 Å². The Morgan fingerprint density at radius 3 is 2.63 bits per heavy atom. The van der Waals surface area contributed by atoms with Gasteiger partial charge in [-0.25, -0.2) is 0 Å². The Kier molecular flexibility index (Phi) is 6.48. The van der Waals surface area contributed by atoms with E-state index < -0.39 is 12.8 Å². The fourth-order valence-corrected chi connectivity index (χ4v) is 3.29. The van der Waals surface area contributed by atoms with Crippen LogP contribution in [0.2, 0.25) is 0 Å². The van der Waals surface area contributed by atoms with Gasteiger partial charge in [-0.05, 0) is 31.2 Å². The van der Waals surface area contributed by atoms with E-state index in [1.54, 1.807) is 0 Å². The Morgan fingerprint density at radius 2 is 2.04 bits per heavy atom. The Bertz CT molecular complexity index is 613. The van der Waals surface area contributed by atoms with Crippen molar-refractivity contribution in [3.8, 4) is 5.88 Å². The van der Waals surface area contributed by atoms with Crippen molar-refractivity contribution in [3.63, 3.8) is 0 Å². The van der Waals surface area contributed by atoms with Crippen molar-refractivity contribution < 1.29 is 27.4 Å². The molecule has 1 amide bonds. The van der Waals surface area contributed by atoms with E-state index in [0.29, 0.717) is 5.92 Å². The quantitative estimate of drug-likeness (QED) is 0.799. The zero-order chi connectivity index (χ0) is 19.3. The molecule has 0 saturated carbocycles. The molecule has 150 valence electrons. The molecule has 2 fully saturated rings. The lowest BCUT2D eigenvalue weighted by atomic mass is 10.0. The molecular weight excluding hydrogens is 365 g/mol. The summed E-state index contributed by atoms with van der Waals surface area (Å²) in [6.45, 7) is 3.09. The second-order valence-electron chi connectivity index (χ2n) is 6.94. The van der Waals surface area contributed by atoms with Crippen molar-refractivity contribution in [2.24, 2.45) is 5.92 Å². The van der Waals surface area contributed by atoms with Crippen LogP contribution in [-0.4, -0.2) is 72.7 Å². The minimum atomic E-state index is -4.45. The molecule has 27 heavy (non-hydrogen) atoms. The van der Waals surface area contributed by atoms with Crippen molar-refractivity contribution in [2.75, 3.05) is 39.5 Å². The summed E-state index contributed by atoms with van der Waals surface area (Å²) in [5.74, 6) is -0.0508. The van der Waals surface area contributed by atoms with Crippen LogP contribution in [0.1, 0.15) is 29.8 Å². The molecule has 0 aromatic carbocycles. The van der Waals surface area contributed by atoms with Crippen LogP contribution in [0.5, 0.6) is 5.88 Å². The van der Waals surface area contributed by atoms with Crippen LogP contribution in [0.3, 0.4) is 0 Å².